The number of amides is 1. The Morgan fingerprint density at radius 2 is 2.17 bits per heavy atom. The molecule has 2 atom stereocenters. The molecule has 2 unspecified atom stereocenters. The zero-order valence-corrected chi connectivity index (χ0v) is 10.8. The van der Waals surface area contributed by atoms with Crippen LogP contribution >= 0.6 is 12.2 Å². The standard InChI is InChI=1S/C13H16N2O2S/c14-12(18)11(9-4-2-1-3-5-9)15-13(16)10-6-7-17-8-10/h1-5,10-11H,6-8H2,(H2,14,18)(H,15,16). The Balaban J connectivity index is 2.07. The van der Waals surface area contributed by atoms with E-state index in [9.17, 15) is 4.79 Å². The molecule has 2 rings (SSSR count). The number of thiocarbonyl (C=S) groups is 1. The van der Waals surface area contributed by atoms with E-state index in [1.807, 2.05) is 30.3 Å². The van der Waals surface area contributed by atoms with Crippen LogP contribution < -0.4 is 11.1 Å². The number of hydrogen-bond acceptors (Lipinski definition) is 3. The second-order valence-corrected chi connectivity index (χ2v) is 4.79. The van der Waals surface area contributed by atoms with Gasteiger partial charge in [0.25, 0.3) is 0 Å². The predicted molar refractivity (Wildman–Crippen MR) is 73.0 cm³/mol. The quantitative estimate of drug-likeness (QED) is 0.801. The number of nitrogens with two attached hydrogens (primary N) is 1. The second-order valence-electron chi connectivity index (χ2n) is 4.32. The van der Waals surface area contributed by atoms with E-state index in [0.29, 0.717) is 13.2 Å². The number of carbonyl (C=O) groups excluding carboxylic acids is 1. The smallest absolute Gasteiger partial charge is 0.226 e. The van der Waals surface area contributed by atoms with Gasteiger partial charge in [-0.2, -0.15) is 0 Å². The van der Waals surface area contributed by atoms with E-state index >= 15 is 0 Å². The SMILES string of the molecule is NC(=S)C(NC(=O)C1CCOC1)c1ccccc1. The van der Waals surface area contributed by atoms with Crippen LogP contribution in [0, 0.1) is 5.92 Å². The zero-order chi connectivity index (χ0) is 13.0. The number of nitrogens with one attached hydrogen (secondary N) is 1. The summed E-state index contributed by atoms with van der Waals surface area (Å²) in [4.78, 5) is 12.3. The van der Waals surface area contributed by atoms with Gasteiger partial charge in [0.05, 0.1) is 12.5 Å². The minimum Gasteiger partial charge on any atom is -0.391 e. The average Bonchev–Trinajstić information content (AvgIpc) is 2.90. The third kappa shape index (κ3) is 3.05. The molecule has 1 saturated heterocycles. The summed E-state index contributed by atoms with van der Waals surface area (Å²) in [5.41, 5.74) is 6.60. The zero-order valence-electron chi connectivity index (χ0n) is 9.96. The average molecular weight is 264 g/mol. The maximum Gasteiger partial charge on any atom is 0.226 e. The largest absolute Gasteiger partial charge is 0.391 e. The molecule has 1 amide bonds. The molecule has 0 bridgehead atoms. The number of ether oxygens (including phenoxy) is 1. The first kappa shape index (κ1) is 13.0. The van der Waals surface area contributed by atoms with Crippen molar-refractivity contribution in [1.82, 2.24) is 5.32 Å². The molecule has 0 radical (unpaired) electrons. The molecule has 1 fully saturated rings. The Labute approximate surface area is 112 Å². The summed E-state index contributed by atoms with van der Waals surface area (Å²) in [6, 6.07) is 9.09. The van der Waals surface area contributed by atoms with E-state index in [2.05, 4.69) is 5.32 Å². The fourth-order valence-corrected chi connectivity index (χ4v) is 2.16. The topological polar surface area (TPSA) is 64.3 Å². The first-order valence-electron chi connectivity index (χ1n) is 5.91. The molecule has 96 valence electrons. The summed E-state index contributed by atoms with van der Waals surface area (Å²) >= 11 is 5.02. The van der Waals surface area contributed by atoms with E-state index in [-0.39, 0.29) is 16.8 Å². The predicted octanol–water partition coefficient (Wildman–Crippen LogP) is 1.17. The Hall–Kier alpha value is -1.46. The Bertz CT molecular complexity index is 430. The lowest BCUT2D eigenvalue weighted by atomic mass is 10.0. The molecular weight excluding hydrogens is 248 g/mol. The molecule has 1 aromatic rings. The Morgan fingerprint density at radius 1 is 1.44 bits per heavy atom. The van der Waals surface area contributed by atoms with Gasteiger partial charge in [0.15, 0.2) is 0 Å². The fraction of sp³-hybridized carbons (Fsp3) is 0.385. The normalized spacial score (nSPS) is 20.3. The lowest BCUT2D eigenvalue weighted by molar-refractivity contribution is -0.125. The number of carbonyl (C=O) groups is 1. The third-order valence-electron chi connectivity index (χ3n) is 3.00. The van der Waals surface area contributed by atoms with E-state index < -0.39 is 6.04 Å². The van der Waals surface area contributed by atoms with Crippen LogP contribution in [0.2, 0.25) is 0 Å². The fourth-order valence-electron chi connectivity index (χ4n) is 1.97. The molecule has 4 nitrogen and oxygen atoms in total. The summed E-state index contributed by atoms with van der Waals surface area (Å²) in [6.07, 6.45) is 0.755. The Morgan fingerprint density at radius 3 is 2.72 bits per heavy atom. The van der Waals surface area contributed by atoms with Gasteiger partial charge in [-0.1, -0.05) is 42.5 Å². The highest BCUT2D eigenvalue weighted by molar-refractivity contribution is 7.80. The molecular formula is C13H16N2O2S. The lowest BCUT2D eigenvalue weighted by Gasteiger charge is -2.19. The van der Waals surface area contributed by atoms with Gasteiger partial charge in [-0.15, -0.1) is 0 Å². The first-order valence-corrected chi connectivity index (χ1v) is 6.31. The summed E-state index contributed by atoms with van der Waals surface area (Å²) in [5, 5.41) is 2.89. The van der Waals surface area contributed by atoms with Crippen molar-refractivity contribution in [2.75, 3.05) is 13.2 Å². The maximum absolute atomic E-state index is 12.0. The molecule has 0 saturated carbocycles. The van der Waals surface area contributed by atoms with Gasteiger partial charge in [0.1, 0.15) is 11.0 Å². The maximum atomic E-state index is 12.0. The highest BCUT2D eigenvalue weighted by atomic mass is 32.1. The van der Waals surface area contributed by atoms with Crippen molar-refractivity contribution in [2.24, 2.45) is 11.7 Å². The van der Waals surface area contributed by atoms with Gasteiger partial charge in [0.2, 0.25) is 5.91 Å². The van der Waals surface area contributed by atoms with Gasteiger partial charge in [-0.25, -0.2) is 0 Å². The highest BCUT2D eigenvalue weighted by Crippen LogP contribution is 2.17. The van der Waals surface area contributed by atoms with Crippen molar-refractivity contribution < 1.29 is 9.53 Å². The molecule has 3 N–H and O–H groups in total. The number of rotatable bonds is 4. The van der Waals surface area contributed by atoms with E-state index in [1.54, 1.807) is 0 Å². The molecule has 18 heavy (non-hydrogen) atoms. The third-order valence-corrected chi connectivity index (χ3v) is 3.24. The summed E-state index contributed by atoms with van der Waals surface area (Å²) in [7, 11) is 0. The van der Waals surface area contributed by atoms with Gasteiger partial charge in [0, 0.05) is 6.61 Å². The van der Waals surface area contributed by atoms with Gasteiger partial charge in [-0.3, -0.25) is 4.79 Å². The minimum absolute atomic E-state index is 0.0471. The molecule has 1 aromatic carbocycles. The van der Waals surface area contributed by atoms with Crippen molar-refractivity contribution in [3.63, 3.8) is 0 Å². The van der Waals surface area contributed by atoms with Crippen molar-refractivity contribution in [1.29, 1.82) is 0 Å². The van der Waals surface area contributed by atoms with Crippen molar-refractivity contribution in [2.45, 2.75) is 12.5 Å². The summed E-state index contributed by atoms with van der Waals surface area (Å²) in [6.45, 7) is 1.12. The van der Waals surface area contributed by atoms with Crippen molar-refractivity contribution in [3.05, 3.63) is 35.9 Å². The van der Waals surface area contributed by atoms with Crippen LogP contribution in [0.1, 0.15) is 18.0 Å². The highest BCUT2D eigenvalue weighted by Gasteiger charge is 2.26. The molecule has 1 aliphatic heterocycles. The van der Waals surface area contributed by atoms with Crippen molar-refractivity contribution >= 4 is 23.1 Å². The summed E-state index contributed by atoms with van der Waals surface area (Å²) < 4.78 is 5.20. The van der Waals surface area contributed by atoms with Crippen molar-refractivity contribution in [3.8, 4) is 0 Å². The van der Waals surface area contributed by atoms with Gasteiger partial charge in [-0.05, 0) is 12.0 Å². The number of hydrogen-bond donors (Lipinski definition) is 2. The minimum atomic E-state index is -0.408. The van der Waals surface area contributed by atoms with Crippen LogP contribution in [0.4, 0.5) is 0 Å². The van der Waals surface area contributed by atoms with E-state index in [1.165, 1.54) is 0 Å². The monoisotopic (exact) mass is 264 g/mol. The summed E-state index contributed by atoms with van der Waals surface area (Å²) in [5.74, 6) is -0.139. The van der Waals surface area contributed by atoms with Crippen LogP contribution in [-0.2, 0) is 9.53 Å². The molecule has 5 heteroatoms. The lowest BCUT2D eigenvalue weighted by Crippen LogP contribution is -2.39. The molecule has 1 aliphatic rings. The van der Waals surface area contributed by atoms with Crippen LogP contribution in [0.3, 0.4) is 0 Å². The Kier molecular flexibility index (Phi) is 4.28. The molecule has 0 spiro atoms. The molecule has 1 heterocycles. The van der Waals surface area contributed by atoms with Gasteiger partial charge < -0.3 is 15.8 Å². The van der Waals surface area contributed by atoms with E-state index in [0.717, 1.165) is 12.0 Å². The van der Waals surface area contributed by atoms with Gasteiger partial charge >= 0.3 is 0 Å². The second kappa shape index (κ2) is 5.93. The van der Waals surface area contributed by atoms with Crippen LogP contribution in [0.25, 0.3) is 0 Å². The number of benzene rings is 1. The van der Waals surface area contributed by atoms with E-state index in [4.69, 9.17) is 22.7 Å². The van der Waals surface area contributed by atoms with Crippen LogP contribution in [-0.4, -0.2) is 24.1 Å². The first-order chi connectivity index (χ1) is 8.68. The van der Waals surface area contributed by atoms with Crippen LogP contribution in [0.5, 0.6) is 0 Å². The van der Waals surface area contributed by atoms with Crippen LogP contribution in [0.15, 0.2) is 30.3 Å². The molecule has 0 aromatic heterocycles. The molecule has 0 aliphatic carbocycles.